The number of sulfonamides is 1. The van der Waals surface area contributed by atoms with Gasteiger partial charge in [0.25, 0.3) is 0 Å². The molecule has 2 aromatic rings. The molecule has 2 aromatic carbocycles. The van der Waals surface area contributed by atoms with Crippen LogP contribution in [0.3, 0.4) is 0 Å². The van der Waals surface area contributed by atoms with E-state index in [1.807, 2.05) is 68.4 Å². The zero-order chi connectivity index (χ0) is 20.9. The molecule has 1 N–H and O–H groups in total. The minimum atomic E-state index is -3.49. The second kappa shape index (κ2) is 9.41. The Morgan fingerprint density at radius 2 is 1.72 bits per heavy atom. The predicted octanol–water partition coefficient (Wildman–Crippen LogP) is 2.58. The van der Waals surface area contributed by atoms with Crippen LogP contribution in [0.5, 0.6) is 0 Å². The van der Waals surface area contributed by atoms with Crippen molar-refractivity contribution in [1.29, 1.82) is 0 Å². The monoisotopic (exact) mass is 415 g/mol. The Kier molecular flexibility index (Phi) is 6.92. The molecule has 6 nitrogen and oxygen atoms in total. The van der Waals surface area contributed by atoms with Gasteiger partial charge in [0.1, 0.15) is 6.04 Å². The fourth-order valence-corrected chi connectivity index (χ4v) is 5.29. The van der Waals surface area contributed by atoms with Crippen LogP contribution in [0.2, 0.25) is 0 Å². The first-order valence-corrected chi connectivity index (χ1v) is 11.7. The largest absolute Gasteiger partial charge is 0.353 e. The summed E-state index contributed by atoms with van der Waals surface area (Å²) in [5, 5.41) is 2.85. The zero-order valence-electron chi connectivity index (χ0n) is 17.0. The smallest absolute Gasteiger partial charge is 0.241 e. The third-order valence-electron chi connectivity index (χ3n) is 5.38. The summed E-state index contributed by atoms with van der Waals surface area (Å²) >= 11 is 0. The van der Waals surface area contributed by atoms with Crippen molar-refractivity contribution in [3.8, 4) is 0 Å². The highest BCUT2D eigenvalue weighted by atomic mass is 32.2. The van der Waals surface area contributed by atoms with Gasteiger partial charge in [-0.05, 0) is 36.7 Å². The van der Waals surface area contributed by atoms with Crippen LogP contribution in [0.4, 0.5) is 5.69 Å². The van der Waals surface area contributed by atoms with E-state index in [0.717, 1.165) is 36.3 Å². The first-order valence-electron chi connectivity index (χ1n) is 10.1. The summed E-state index contributed by atoms with van der Waals surface area (Å²) in [7, 11) is -3.49. The molecule has 29 heavy (non-hydrogen) atoms. The van der Waals surface area contributed by atoms with Gasteiger partial charge in [-0.3, -0.25) is 14.0 Å². The van der Waals surface area contributed by atoms with E-state index in [9.17, 15) is 13.2 Å². The van der Waals surface area contributed by atoms with Crippen molar-refractivity contribution in [3.63, 3.8) is 0 Å². The number of benzene rings is 2. The molecule has 0 radical (unpaired) electrons. The molecular weight excluding hydrogens is 386 g/mol. The van der Waals surface area contributed by atoms with Crippen LogP contribution in [-0.2, 0) is 21.2 Å². The Balaban J connectivity index is 1.66. The number of rotatable bonds is 9. The van der Waals surface area contributed by atoms with Crippen molar-refractivity contribution in [3.05, 3.63) is 65.7 Å². The lowest BCUT2D eigenvalue weighted by atomic mass is 10.0. The van der Waals surface area contributed by atoms with Gasteiger partial charge in [-0.2, -0.15) is 0 Å². The van der Waals surface area contributed by atoms with Crippen molar-refractivity contribution in [1.82, 2.24) is 10.2 Å². The number of anilines is 1. The van der Waals surface area contributed by atoms with Crippen LogP contribution >= 0.6 is 0 Å². The minimum Gasteiger partial charge on any atom is -0.353 e. The van der Waals surface area contributed by atoms with Crippen molar-refractivity contribution >= 4 is 21.6 Å². The van der Waals surface area contributed by atoms with Crippen molar-refractivity contribution in [2.45, 2.75) is 26.3 Å². The molecule has 1 unspecified atom stereocenters. The number of carbonyl (C=O) groups excluding carboxylic acids is 1. The number of nitrogens with zero attached hydrogens (tertiary/aromatic N) is 2. The summed E-state index contributed by atoms with van der Waals surface area (Å²) in [6, 6.07) is 16.7. The molecule has 1 aliphatic heterocycles. The van der Waals surface area contributed by atoms with E-state index >= 15 is 0 Å². The number of carbonyl (C=O) groups is 1. The summed E-state index contributed by atoms with van der Waals surface area (Å²) in [5.74, 6) is -0.288. The SMILES string of the molecule is CCN(CC)C(C(=O)NCCS(=O)(=O)N1CCc2ccccc21)c1ccccc1. The number of likely N-dealkylation sites (N-methyl/N-ethyl adjacent to an activating group) is 1. The third kappa shape index (κ3) is 4.79. The fourth-order valence-electron chi connectivity index (χ4n) is 3.86. The van der Waals surface area contributed by atoms with Crippen molar-refractivity contribution in [2.24, 2.45) is 0 Å². The van der Waals surface area contributed by atoms with Gasteiger partial charge in [-0.25, -0.2) is 8.42 Å². The Morgan fingerprint density at radius 1 is 1.07 bits per heavy atom. The van der Waals surface area contributed by atoms with E-state index in [0.29, 0.717) is 6.54 Å². The Hall–Kier alpha value is -2.38. The van der Waals surface area contributed by atoms with Gasteiger partial charge >= 0.3 is 0 Å². The summed E-state index contributed by atoms with van der Waals surface area (Å²) in [6.07, 6.45) is 0.722. The van der Waals surface area contributed by atoms with E-state index in [1.54, 1.807) is 0 Å². The number of hydrogen-bond acceptors (Lipinski definition) is 4. The Morgan fingerprint density at radius 3 is 2.41 bits per heavy atom. The van der Waals surface area contributed by atoms with Crippen molar-refractivity contribution in [2.75, 3.05) is 36.2 Å². The lowest BCUT2D eigenvalue weighted by Crippen LogP contribution is -2.43. The molecule has 1 heterocycles. The highest BCUT2D eigenvalue weighted by Crippen LogP contribution is 2.30. The van der Waals surface area contributed by atoms with Gasteiger partial charge in [0.2, 0.25) is 15.9 Å². The molecule has 7 heteroatoms. The average molecular weight is 416 g/mol. The Bertz CT molecular complexity index is 927. The lowest BCUT2D eigenvalue weighted by Gasteiger charge is -2.29. The maximum atomic E-state index is 12.9. The van der Waals surface area contributed by atoms with Gasteiger partial charge in [-0.1, -0.05) is 62.4 Å². The molecule has 1 aliphatic rings. The van der Waals surface area contributed by atoms with E-state index in [2.05, 4.69) is 10.2 Å². The number of amides is 1. The molecule has 0 saturated heterocycles. The summed E-state index contributed by atoms with van der Waals surface area (Å²) < 4.78 is 27.1. The van der Waals surface area contributed by atoms with E-state index in [-0.39, 0.29) is 18.2 Å². The van der Waals surface area contributed by atoms with Crippen molar-refractivity contribution < 1.29 is 13.2 Å². The molecule has 156 valence electrons. The first kappa shape index (κ1) is 21.3. The molecule has 0 aliphatic carbocycles. The standard InChI is InChI=1S/C22H29N3O3S/c1-3-24(4-2)21(19-11-6-5-7-12-19)22(26)23-15-17-29(27,28)25-16-14-18-10-8-9-13-20(18)25/h5-13,21H,3-4,14-17H2,1-2H3,(H,23,26). The van der Waals surface area contributed by atoms with E-state index in [4.69, 9.17) is 0 Å². The summed E-state index contributed by atoms with van der Waals surface area (Å²) in [5.41, 5.74) is 2.71. The quantitative estimate of drug-likeness (QED) is 0.683. The van der Waals surface area contributed by atoms with E-state index < -0.39 is 16.1 Å². The third-order valence-corrected chi connectivity index (χ3v) is 7.15. The van der Waals surface area contributed by atoms with Crippen LogP contribution in [0.15, 0.2) is 54.6 Å². The van der Waals surface area contributed by atoms with Crippen LogP contribution in [0.25, 0.3) is 0 Å². The maximum Gasteiger partial charge on any atom is 0.241 e. The molecule has 3 rings (SSSR count). The van der Waals surface area contributed by atoms with Crippen LogP contribution in [0.1, 0.15) is 31.0 Å². The highest BCUT2D eigenvalue weighted by molar-refractivity contribution is 7.92. The van der Waals surface area contributed by atoms with E-state index in [1.165, 1.54) is 4.31 Å². The molecule has 1 atom stereocenters. The van der Waals surface area contributed by atoms with Crippen LogP contribution in [-0.4, -0.2) is 51.2 Å². The van der Waals surface area contributed by atoms with Gasteiger partial charge in [-0.15, -0.1) is 0 Å². The number of para-hydroxylation sites is 1. The van der Waals surface area contributed by atoms with Gasteiger partial charge in [0, 0.05) is 13.1 Å². The molecule has 0 bridgehead atoms. The normalized spacial score (nSPS) is 14.7. The first-order chi connectivity index (χ1) is 14.0. The topological polar surface area (TPSA) is 69.7 Å². The summed E-state index contributed by atoms with van der Waals surface area (Å²) in [4.78, 5) is 15.0. The highest BCUT2D eigenvalue weighted by Gasteiger charge is 2.30. The second-order valence-corrected chi connectivity index (χ2v) is 9.11. The number of hydrogen-bond donors (Lipinski definition) is 1. The minimum absolute atomic E-state index is 0.0877. The summed E-state index contributed by atoms with van der Waals surface area (Å²) in [6.45, 7) is 6.04. The lowest BCUT2D eigenvalue weighted by molar-refractivity contribution is -0.126. The molecule has 0 aromatic heterocycles. The van der Waals surface area contributed by atoms with Gasteiger partial charge in [0.15, 0.2) is 0 Å². The average Bonchev–Trinajstić information content (AvgIpc) is 3.17. The predicted molar refractivity (Wildman–Crippen MR) is 116 cm³/mol. The fraction of sp³-hybridized carbons (Fsp3) is 0.409. The molecule has 0 fully saturated rings. The number of fused-ring (bicyclic) bond motifs is 1. The maximum absolute atomic E-state index is 12.9. The van der Waals surface area contributed by atoms with Crippen LogP contribution in [0, 0.1) is 0 Å². The molecule has 0 spiro atoms. The zero-order valence-corrected chi connectivity index (χ0v) is 17.9. The van der Waals surface area contributed by atoms with Gasteiger partial charge < -0.3 is 5.32 Å². The Labute approximate surface area is 173 Å². The number of nitrogens with one attached hydrogen (secondary N) is 1. The van der Waals surface area contributed by atoms with Crippen LogP contribution < -0.4 is 9.62 Å². The molecule has 0 saturated carbocycles. The second-order valence-electron chi connectivity index (χ2n) is 7.09. The molecule has 1 amide bonds. The molecular formula is C22H29N3O3S. The van der Waals surface area contributed by atoms with Gasteiger partial charge in [0.05, 0.1) is 11.4 Å².